The topological polar surface area (TPSA) is 72.5 Å². The van der Waals surface area contributed by atoms with Crippen molar-refractivity contribution in [3.63, 3.8) is 0 Å². The van der Waals surface area contributed by atoms with E-state index in [9.17, 15) is 4.79 Å². The molecule has 0 unspecified atom stereocenters. The monoisotopic (exact) mass is 408 g/mol. The molecule has 1 aromatic carbocycles. The number of aryl methyl sites for hydroxylation is 3. The Bertz CT molecular complexity index is 1130. The molecule has 2 aromatic heterocycles. The molecule has 3 aromatic rings. The van der Waals surface area contributed by atoms with E-state index in [1.165, 1.54) is 4.90 Å². The van der Waals surface area contributed by atoms with Crippen LogP contribution < -0.4 is 15.0 Å². The number of rotatable bonds is 5. The first kappa shape index (κ1) is 18.9. The van der Waals surface area contributed by atoms with Crippen molar-refractivity contribution in [3.05, 3.63) is 71.1 Å². The van der Waals surface area contributed by atoms with E-state index in [-0.39, 0.29) is 5.91 Å². The lowest BCUT2D eigenvalue weighted by Crippen LogP contribution is -2.30. The average Bonchev–Trinajstić information content (AvgIpc) is 3.33. The van der Waals surface area contributed by atoms with Crippen molar-refractivity contribution < 1.29 is 13.9 Å². The van der Waals surface area contributed by atoms with E-state index in [1.54, 1.807) is 30.1 Å². The zero-order valence-corrected chi connectivity index (χ0v) is 17.1. The summed E-state index contributed by atoms with van der Waals surface area (Å²) in [5, 5.41) is 7.54. The van der Waals surface area contributed by atoms with E-state index in [2.05, 4.69) is 10.4 Å². The van der Waals surface area contributed by atoms with Crippen molar-refractivity contribution in [1.82, 2.24) is 15.1 Å². The van der Waals surface area contributed by atoms with Crippen LogP contribution in [0, 0.1) is 13.8 Å². The zero-order valence-electron chi connectivity index (χ0n) is 16.3. The lowest BCUT2D eigenvalue weighted by atomic mass is 10.2. The molecule has 1 aliphatic rings. The number of furan rings is 1. The maximum absolute atomic E-state index is 12.8. The number of carbonyl (C=O) groups is 1. The smallest absolute Gasteiger partial charge is 0.281 e. The minimum atomic E-state index is -0.250. The van der Waals surface area contributed by atoms with Crippen molar-refractivity contribution in [1.29, 1.82) is 0 Å². The predicted octanol–water partition coefficient (Wildman–Crippen LogP) is 3.47. The molecule has 4 rings (SSSR count). The highest BCUT2D eigenvalue weighted by Crippen LogP contribution is 2.25. The van der Waals surface area contributed by atoms with Crippen molar-refractivity contribution >= 4 is 35.0 Å². The Morgan fingerprint density at radius 1 is 1.24 bits per heavy atom. The number of carbonyl (C=O) groups excluding carboxylic acids is 1. The van der Waals surface area contributed by atoms with Gasteiger partial charge in [0.15, 0.2) is 5.11 Å². The van der Waals surface area contributed by atoms with Gasteiger partial charge in [-0.25, -0.2) is 4.90 Å². The van der Waals surface area contributed by atoms with Crippen LogP contribution in [0.2, 0.25) is 0 Å². The van der Waals surface area contributed by atoms with Crippen molar-refractivity contribution in [3.8, 4) is 5.75 Å². The molecule has 1 aliphatic heterocycles. The number of para-hydroxylation sites is 1. The van der Waals surface area contributed by atoms with Crippen molar-refractivity contribution in [2.24, 2.45) is 7.05 Å². The van der Waals surface area contributed by atoms with Crippen LogP contribution in [0.5, 0.6) is 5.75 Å². The Kier molecular flexibility index (Phi) is 4.94. The number of hydrogen-bond acceptors (Lipinski definition) is 5. The average molecular weight is 408 g/mol. The molecule has 0 aliphatic carbocycles. The number of nitrogens with zero attached hydrogens (tertiary/aromatic N) is 3. The maximum atomic E-state index is 12.8. The fourth-order valence-electron chi connectivity index (χ4n) is 3.12. The summed E-state index contributed by atoms with van der Waals surface area (Å²) in [4.78, 5) is 14.3. The first-order chi connectivity index (χ1) is 13.9. The standard InChI is InChI=1S/C21H20N4O3S/c1-13-6-4-5-7-19(13)27-12-16-9-8-15(28-16)10-17-20(26)25(21(29)22-17)18-11-24(3)23-14(18)2/h4-11H,12H2,1-3H3,(H,22,29)/b17-10+. The van der Waals surface area contributed by atoms with Gasteiger partial charge in [-0.3, -0.25) is 9.48 Å². The molecule has 0 radical (unpaired) electrons. The van der Waals surface area contributed by atoms with E-state index in [0.29, 0.717) is 34.6 Å². The molecule has 1 fully saturated rings. The summed E-state index contributed by atoms with van der Waals surface area (Å²) in [7, 11) is 1.80. The lowest BCUT2D eigenvalue weighted by molar-refractivity contribution is -0.113. The van der Waals surface area contributed by atoms with Gasteiger partial charge in [0.2, 0.25) is 0 Å². The Morgan fingerprint density at radius 3 is 2.76 bits per heavy atom. The second-order valence-corrected chi connectivity index (χ2v) is 7.15. The summed E-state index contributed by atoms with van der Waals surface area (Å²) >= 11 is 5.34. The van der Waals surface area contributed by atoms with E-state index >= 15 is 0 Å². The van der Waals surface area contributed by atoms with Gasteiger partial charge in [0.25, 0.3) is 5.91 Å². The molecular weight excluding hydrogens is 388 g/mol. The van der Waals surface area contributed by atoms with Gasteiger partial charge >= 0.3 is 0 Å². The SMILES string of the molecule is Cc1ccccc1OCc1ccc(/C=C2/NC(=S)N(c3cn(C)nc3C)C2=O)o1. The molecule has 0 bridgehead atoms. The van der Waals surface area contributed by atoms with Crippen LogP contribution >= 0.6 is 12.2 Å². The van der Waals surface area contributed by atoms with E-state index in [0.717, 1.165) is 17.0 Å². The van der Waals surface area contributed by atoms with E-state index in [4.69, 9.17) is 21.4 Å². The molecule has 7 nitrogen and oxygen atoms in total. The fourth-order valence-corrected chi connectivity index (χ4v) is 3.41. The number of benzene rings is 1. The highest BCUT2D eigenvalue weighted by Gasteiger charge is 2.34. The first-order valence-electron chi connectivity index (χ1n) is 9.07. The van der Waals surface area contributed by atoms with Crippen molar-refractivity contribution in [2.45, 2.75) is 20.5 Å². The van der Waals surface area contributed by atoms with Crippen LogP contribution in [0.1, 0.15) is 22.8 Å². The molecule has 1 saturated heterocycles. The number of thiocarbonyl (C=S) groups is 1. The quantitative estimate of drug-likeness (QED) is 0.515. The van der Waals surface area contributed by atoms with Crippen LogP contribution in [0.25, 0.3) is 6.08 Å². The minimum Gasteiger partial charge on any atom is -0.485 e. The van der Waals surface area contributed by atoms with Crippen LogP contribution in [0.15, 0.2) is 52.7 Å². The summed E-state index contributed by atoms with van der Waals surface area (Å²) < 4.78 is 13.2. The fraction of sp³-hybridized carbons (Fsp3) is 0.190. The number of aromatic nitrogens is 2. The molecule has 0 saturated carbocycles. The van der Waals surface area contributed by atoms with Gasteiger partial charge in [-0.2, -0.15) is 5.10 Å². The first-order valence-corrected chi connectivity index (χ1v) is 9.47. The van der Waals surface area contributed by atoms with E-state index < -0.39 is 0 Å². The minimum absolute atomic E-state index is 0.250. The lowest BCUT2D eigenvalue weighted by Gasteiger charge is -2.11. The number of hydrogen-bond donors (Lipinski definition) is 1. The highest BCUT2D eigenvalue weighted by atomic mass is 32.1. The van der Waals surface area contributed by atoms with Gasteiger partial charge in [-0.15, -0.1) is 0 Å². The largest absolute Gasteiger partial charge is 0.485 e. The highest BCUT2D eigenvalue weighted by molar-refractivity contribution is 7.80. The Balaban J connectivity index is 1.49. The number of amides is 1. The Morgan fingerprint density at radius 2 is 2.03 bits per heavy atom. The normalized spacial score (nSPS) is 15.3. The summed E-state index contributed by atoms with van der Waals surface area (Å²) in [6.07, 6.45) is 3.40. The van der Waals surface area contributed by atoms with Gasteiger partial charge in [0, 0.05) is 19.3 Å². The van der Waals surface area contributed by atoms with Crippen LogP contribution in [-0.4, -0.2) is 20.8 Å². The second-order valence-electron chi connectivity index (χ2n) is 6.76. The molecule has 1 N–H and O–H groups in total. The molecule has 0 atom stereocenters. The third kappa shape index (κ3) is 3.79. The van der Waals surface area contributed by atoms with E-state index in [1.807, 2.05) is 44.2 Å². The van der Waals surface area contributed by atoms with Crippen LogP contribution in [0.4, 0.5) is 5.69 Å². The summed E-state index contributed by atoms with van der Waals surface area (Å²) in [6, 6.07) is 11.4. The molecule has 8 heteroatoms. The molecule has 148 valence electrons. The van der Waals surface area contributed by atoms with Gasteiger partial charge in [0.05, 0.1) is 11.4 Å². The van der Waals surface area contributed by atoms with Crippen LogP contribution in [0.3, 0.4) is 0 Å². The van der Waals surface area contributed by atoms with Gasteiger partial charge in [0.1, 0.15) is 29.6 Å². The van der Waals surface area contributed by atoms with Crippen molar-refractivity contribution in [2.75, 3.05) is 4.90 Å². The van der Waals surface area contributed by atoms with Crippen LogP contribution in [-0.2, 0) is 18.4 Å². The number of nitrogens with one attached hydrogen (secondary N) is 1. The summed E-state index contributed by atoms with van der Waals surface area (Å²) in [5.74, 6) is 1.76. The Hall–Kier alpha value is -3.39. The van der Waals surface area contributed by atoms with Gasteiger partial charge in [-0.1, -0.05) is 18.2 Å². The number of anilines is 1. The summed E-state index contributed by atoms with van der Waals surface area (Å²) in [6.45, 7) is 4.12. The molecule has 3 heterocycles. The maximum Gasteiger partial charge on any atom is 0.281 e. The molecule has 29 heavy (non-hydrogen) atoms. The summed E-state index contributed by atoms with van der Waals surface area (Å²) in [5.41, 5.74) is 2.78. The molecular formula is C21H20N4O3S. The third-order valence-electron chi connectivity index (χ3n) is 4.54. The molecule has 1 amide bonds. The molecule has 0 spiro atoms. The third-order valence-corrected chi connectivity index (χ3v) is 4.82. The van der Waals surface area contributed by atoms with Gasteiger partial charge in [-0.05, 0) is 49.8 Å². The zero-order chi connectivity index (χ0) is 20.5. The van der Waals surface area contributed by atoms with Gasteiger partial charge < -0.3 is 14.5 Å². The number of ether oxygens (including phenoxy) is 1. The second kappa shape index (κ2) is 7.56. The predicted molar refractivity (Wildman–Crippen MR) is 113 cm³/mol. The Labute approximate surface area is 173 Å².